The Morgan fingerprint density at radius 1 is 1.45 bits per heavy atom. The molecule has 0 spiro atoms. The highest BCUT2D eigenvalue weighted by molar-refractivity contribution is 7.89. The molecule has 1 aliphatic heterocycles. The van der Waals surface area contributed by atoms with E-state index in [1.807, 2.05) is 0 Å². The quantitative estimate of drug-likeness (QED) is 0.766. The zero-order valence-electron chi connectivity index (χ0n) is 11.5. The van der Waals surface area contributed by atoms with E-state index in [0.29, 0.717) is 25.9 Å². The normalized spacial score (nSPS) is 18.1. The Bertz CT molecular complexity index is 582. The standard InChI is InChI=1S/C11H19N5O3S/c1-8(17)14-9-3-5-16(6-4-9)20(18,19)11-10(12)13-7-15(11)2/h7,9H,3-6,12H2,1-2H3,(H,14,17). The molecule has 1 aromatic heterocycles. The molecule has 1 fully saturated rings. The smallest absolute Gasteiger partial charge is 0.262 e. The van der Waals surface area contributed by atoms with E-state index < -0.39 is 10.0 Å². The van der Waals surface area contributed by atoms with Crippen LogP contribution in [0.4, 0.5) is 5.82 Å². The third-order valence-electron chi connectivity index (χ3n) is 3.36. The highest BCUT2D eigenvalue weighted by Crippen LogP contribution is 2.23. The zero-order chi connectivity index (χ0) is 14.9. The number of nitrogens with one attached hydrogen (secondary N) is 1. The fraction of sp³-hybridized carbons (Fsp3) is 0.636. The molecular weight excluding hydrogens is 282 g/mol. The average Bonchev–Trinajstić information content (AvgIpc) is 2.69. The summed E-state index contributed by atoms with van der Waals surface area (Å²) < 4.78 is 27.8. The Morgan fingerprint density at radius 3 is 2.50 bits per heavy atom. The van der Waals surface area contributed by atoms with Crippen LogP contribution in [-0.4, -0.2) is 47.3 Å². The maximum atomic E-state index is 12.5. The van der Waals surface area contributed by atoms with Gasteiger partial charge in [-0.3, -0.25) is 4.79 Å². The first-order valence-corrected chi connectivity index (χ1v) is 7.80. The number of anilines is 1. The molecule has 1 amide bonds. The minimum Gasteiger partial charge on any atom is -0.381 e. The number of piperidine rings is 1. The maximum Gasteiger partial charge on any atom is 0.262 e. The van der Waals surface area contributed by atoms with Gasteiger partial charge in [0.25, 0.3) is 10.0 Å². The van der Waals surface area contributed by atoms with Crippen LogP contribution >= 0.6 is 0 Å². The Kier molecular flexibility index (Phi) is 4.00. The third-order valence-corrected chi connectivity index (χ3v) is 5.39. The summed E-state index contributed by atoms with van der Waals surface area (Å²) >= 11 is 0. The summed E-state index contributed by atoms with van der Waals surface area (Å²) in [5.41, 5.74) is 5.63. The number of nitrogens with two attached hydrogens (primary N) is 1. The second-order valence-electron chi connectivity index (χ2n) is 4.92. The van der Waals surface area contributed by atoms with Crippen molar-refractivity contribution in [2.45, 2.75) is 30.8 Å². The van der Waals surface area contributed by atoms with E-state index in [9.17, 15) is 13.2 Å². The van der Waals surface area contributed by atoms with E-state index in [1.54, 1.807) is 7.05 Å². The Labute approximate surface area is 118 Å². The van der Waals surface area contributed by atoms with E-state index in [1.165, 1.54) is 22.1 Å². The molecule has 1 aromatic rings. The molecular formula is C11H19N5O3S. The first-order chi connectivity index (χ1) is 9.32. The van der Waals surface area contributed by atoms with Crippen LogP contribution in [0.15, 0.2) is 11.4 Å². The summed E-state index contributed by atoms with van der Waals surface area (Å²) in [5, 5.41) is 2.83. The summed E-state index contributed by atoms with van der Waals surface area (Å²) in [7, 11) is -2.04. The van der Waals surface area contributed by atoms with Crippen molar-refractivity contribution in [3.05, 3.63) is 6.33 Å². The maximum absolute atomic E-state index is 12.5. The van der Waals surface area contributed by atoms with Crippen molar-refractivity contribution in [1.29, 1.82) is 0 Å². The van der Waals surface area contributed by atoms with Gasteiger partial charge in [-0.2, -0.15) is 4.31 Å². The van der Waals surface area contributed by atoms with Gasteiger partial charge >= 0.3 is 0 Å². The number of amides is 1. The van der Waals surface area contributed by atoms with E-state index in [0.717, 1.165) is 0 Å². The van der Waals surface area contributed by atoms with Crippen LogP contribution in [0, 0.1) is 0 Å². The van der Waals surface area contributed by atoms with E-state index in [-0.39, 0.29) is 22.8 Å². The molecule has 2 rings (SSSR count). The number of nitrogen functional groups attached to an aromatic ring is 1. The van der Waals surface area contributed by atoms with E-state index in [4.69, 9.17) is 5.73 Å². The van der Waals surface area contributed by atoms with Gasteiger partial charge in [0.1, 0.15) is 0 Å². The molecule has 0 aliphatic carbocycles. The van der Waals surface area contributed by atoms with Crippen LogP contribution in [0.3, 0.4) is 0 Å². The fourth-order valence-electron chi connectivity index (χ4n) is 2.40. The first kappa shape index (κ1) is 14.8. The summed E-state index contributed by atoms with van der Waals surface area (Å²) in [4.78, 5) is 14.8. The number of nitrogens with zero attached hydrogens (tertiary/aromatic N) is 3. The van der Waals surface area contributed by atoms with Crippen LogP contribution in [0.5, 0.6) is 0 Å². The fourth-order valence-corrected chi connectivity index (χ4v) is 4.07. The average molecular weight is 301 g/mol. The zero-order valence-corrected chi connectivity index (χ0v) is 12.4. The SMILES string of the molecule is CC(=O)NC1CCN(S(=O)(=O)c2c(N)ncn2C)CC1. The number of carbonyl (C=O) groups is 1. The van der Waals surface area contributed by atoms with Gasteiger partial charge in [0.2, 0.25) is 5.91 Å². The molecule has 0 aromatic carbocycles. The largest absolute Gasteiger partial charge is 0.381 e. The lowest BCUT2D eigenvalue weighted by Crippen LogP contribution is -2.46. The van der Waals surface area contributed by atoms with Gasteiger partial charge in [0, 0.05) is 33.1 Å². The second kappa shape index (κ2) is 5.41. The van der Waals surface area contributed by atoms with E-state index >= 15 is 0 Å². The molecule has 1 saturated heterocycles. The second-order valence-corrected chi connectivity index (χ2v) is 6.78. The van der Waals surface area contributed by atoms with Crippen molar-refractivity contribution >= 4 is 21.7 Å². The van der Waals surface area contributed by atoms with Gasteiger partial charge in [-0.15, -0.1) is 0 Å². The molecule has 9 heteroatoms. The molecule has 0 bridgehead atoms. The van der Waals surface area contributed by atoms with Crippen LogP contribution in [0.25, 0.3) is 0 Å². The summed E-state index contributed by atoms with van der Waals surface area (Å²) in [6.45, 7) is 2.18. The molecule has 0 radical (unpaired) electrons. The highest BCUT2D eigenvalue weighted by Gasteiger charge is 2.33. The number of carbonyl (C=O) groups excluding carboxylic acids is 1. The summed E-state index contributed by atoms with van der Waals surface area (Å²) in [5.74, 6) is -0.0846. The molecule has 8 nitrogen and oxygen atoms in total. The Morgan fingerprint density at radius 2 is 2.05 bits per heavy atom. The van der Waals surface area contributed by atoms with Crippen LogP contribution in [0.1, 0.15) is 19.8 Å². The molecule has 1 aliphatic rings. The van der Waals surface area contributed by atoms with Crippen LogP contribution < -0.4 is 11.1 Å². The number of aryl methyl sites for hydroxylation is 1. The predicted octanol–water partition coefficient (Wildman–Crippen LogP) is -0.708. The van der Waals surface area contributed by atoms with Crippen molar-refractivity contribution in [2.75, 3.05) is 18.8 Å². The lowest BCUT2D eigenvalue weighted by molar-refractivity contribution is -0.119. The number of imidazole rings is 1. The first-order valence-electron chi connectivity index (χ1n) is 6.36. The van der Waals surface area contributed by atoms with Gasteiger partial charge in [-0.25, -0.2) is 13.4 Å². The minimum absolute atomic E-state index is 0.0106. The van der Waals surface area contributed by atoms with Crippen molar-refractivity contribution in [1.82, 2.24) is 19.2 Å². The Hall–Kier alpha value is -1.61. The molecule has 20 heavy (non-hydrogen) atoms. The van der Waals surface area contributed by atoms with Gasteiger partial charge < -0.3 is 15.6 Å². The summed E-state index contributed by atoms with van der Waals surface area (Å²) in [6, 6.07) is 0.0304. The molecule has 0 saturated carbocycles. The number of aromatic nitrogens is 2. The van der Waals surface area contributed by atoms with Gasteiger partial charge in [-0.1, -0.05) is 0 Å². The third kappa shape index (κ3) is 2.78. The minimum atomic E-state index is -3.64. The van der Waals surface area contributed by atoms with Gasteiger partial charge in [0.15, 0.2) is 10.8 Å². The van der Waals surface area contributed by atoms with Crippen molar-refractivity contribution < 1.29 is 13.2 Å². The molecule has 2 heterocycles. The number of sulfonamides is 1. The highest BCUT2D eigenvalue weighted by atomic mass is 32.2. The lowest BCUT2D eigenvalue weighted by Gasteiger charge is -2.31. The van der Waals surface area contributed by atoms with Crippen molar-refractivity contribution in [3.8, 4) is 0 Å². The number of hydrogen-bond donors (Lipinski definition) is 2. The Balaban J connectivity index is 2.12. The van der Waals surface area contributed by atoms with Gasteiger partial charge in [-0.05, 0) is 12.8 Å². The van der Waals surface area contributed by atoms with Crippen LogP contribution in [-0.2, 0) is 21.9 Å². The van der Waals surface area contributed by atoms with Gasteiger partial charge in [0.05, 0.1) is 6.33 Å². The van der Waals surface area contributed by atoms with Crippen molar-refractivity contribution in [2.24, 2.45) is 7.05 Å². The monoisotopic (exact) mass is 301 g/mol. The predicted molar refractivity (Wildman–Crippen MR) is 73.2 cm³/mol. The molecule has 3 N–H and O–H groups in total. The number of hydrogen-bond acceptors (Lipinski definition) is 5. The van der Waals surface area contributed by atoms with Crippen LogP contribution in [0.2, 0.25) is 0 Å². The molecule has 0 unspecified atom stereocenters. The summed E-state index contributed by atoms with van der Waals surface area (Å²) in [6.07, 6.45) is 2.57. The topological polar surface area (TPSA) is 110 Å². The molecule has 0 atom stereocenters. The lowest BCUT2D eigenvalue weighted by atomic mass is 10.1. The molecule has 112 valence electrons. The van der Waals surface area contributed by atoms with Crippen molar-refractivity contribution in [3.63, 3.8) is 0 Å². The number of rotatable bonds is 3. The van der Waals surface area contributed by atoms with E-state index in [2.05, 4.69) is 10.3 Å².